The minimum absolute atomic E-state index is 0.00607. The number of nitriles is 1. The van der Waals surface area contributed by atoms with Gasteiger partial charge in [0.25, 0.3) is 4.92 Å². The van der Waals surface area contributed by atoms with Gasteiger partial charge in [0.05, 0.1) is 33.9 Å². The van der Waals surface area contributed by atoms with Gasteiger partial charge in [-0.1, -0.05) is 0 Å². The monoisotopic (exact) mass is 365 g/mol. The number of benzene rings is 1. The number of carbonyl (C=O) groups is 1. The van der Waals surface area contributed by atoms with Crippen LogP contribution in [0.15, 0.2) is 36.5 Å². The average molecular weight is 365 g/mol. The molecule has 1 aromatic carbocycles. The summed E-state index contributed by atoms with van der Waals surface area (Å²) in [5.74, 6) is -0.715. The second kappa shape index (κ2) is 7.18. The summed E-state index contributed by atoms with van der Waals surface area (Å²) in [5.41, 5.74) is -1.91. The first-order chi connectivity index (χ1) is 12.2. The van der Waals surface area contributed by atoms with Crippen molar-refractivity contribution in [2.45, 2.75) is 13.1 Å². The van der Waals surface area contributed by atoms with E-state index >= 15 is 0 Å². The summed E-state index contributed by atoms with van der Waals surface area (Å²) >= 11 is 0. The number of hydrogen-bond donors (Lipinski definition) is 0. The van der Waals surface area contributed by atoms with Crippen molar-refractivity contribution in [1.29, 1.82) is 5.26 Å². The number of hydrogen-bond acceptors (Lipinski definition) is 5. The maximum Gasteiger partial charge on any atom is 0.417 e. The van der Waals surface area contributed by atoms with Crippen LogP contribution in [0.3, 0.4) is 0 Å². The van der Waals surface area contributed by atoms with E-state index < -0.39 is 23.2 Å². The minimum atomic E-state index is -4.78. The quantitative estimate of drug-likeness (QED) is 0.773. The summed E-state index contributed by atoms with van der Waals surface area (Å²) in [6.45, 7) is 1.13. The molecule has 134 valence electrons. The van der Waals surface area contributed by atoms with Gasteiger partial charge in [-0.25, -0.2) is 9.82 Å². The van der Waals surface area contributed by atoms with Crippen LogP contribution in [0, 0.1) is 16.2 Å². The zero-order valence-corrected chi connectivity index (χ0v) is 13.6. The normalized spacial score (nSPS) is 10.8. The highest BCUT2D eigenvalue weighted by atomic mass is 19.4. The van der Waals surface area contributed by atoms with Gasteiger partial charge >= 0.3 is 11.9 Å². The number of pyridine rings is 1. The first kappa shape index (κ1) is 18.9. The van der Waals surface area contributed by atoms with Crippen LogP contribution in [0.5, 0.6) is 0 Å². The molecule has 0 aliphatic rings. The van der Waals surface area contributed by atoms with Crippen LogP contribution >= 0.6 is 0 Å². The van der Waals surface area contributed by atoms with Gasteiger partial charge < -0.3 is 0 Å². The van der Waals surface area contributed by atoms with E-state index in [1.54, 1.807) is 0 Å². The molecule has 2 rings (SSSR count). The van der Waals surface area contributed by atoms with Crippen molar-refractivity contribution in [3.8, 4) is 6.07 Å². The fraction of sp³-hybridized carbons (Fsp3) is 0.188. The highest BCUT2D eigenvalue weighted by molar-refractivity contribution is 5.98. The van der Waals surface area contributed by atoms with E-state index in [1.165, 1.54) is 30.5 Å². The molecule has 0 saturated carbocycles. The molecule has 26 heavy (non-hydrogen) atoms. The molecule has 10 heteroatoms. The van der Waals surface area contributed by atoms with Crippen molar-refractivity contribution in [3.63, 3.8) is 0 Å². The van der Waals surface area contributed by atoms with E-state index in [1.807, 2.05) is 0 Å². The van der Waals surface area contributed by atoms with E-state index in [9.17, 15) is 22.9 Å². The lowest BCUT2D eigenvalue weighted by atomic mass is 10.1. The summed E-state index contributed by atoms with van der Waals surface area (Å²) in [4.78, 5) is 33.0. The molecular weight excluding hydrogens is 353 g/mol. The van der Waals surface area contributed by atoms with Gasteiger partial charge in [0.2, 0.25) is 5.91 Å². The Balaban J connectivity index is 2.61. The Hall–Kier alpha value is -3.48. The first-order valence-corrected chi connectivity index (χ1v) is 7.08. The lowest BCUT2D eigenvalue weighted by Gasteiger charge is -2.21. The molecule has 0 atom stereocenters. The van der Waals surface area contributed by atoms with Gasteiger partial charge in [-0.3, -0.25) is 9.69 Å². The molecule has 0 radical (unpaired) electrons. The Morgan fingerprint density at radius 2 is 2.00 bits per heavy atom. The fourth-order valence-electron chi connectivity index (χ4n) is 2.23. The Morgan fingerprint density at radius 1 is 1.31 bits per heavy atom. The molecule has 1 aromatic heterocycles. The molecular formula is C16H12F3N4O3+. The number of rotatable bonds is 4. The SMILES string of the molecule is CO[N+](=O)c1ccnc(N(C(C)=O)c2ccc(C#N)c(C(F)(F)F)c2)c1. The third-order valence-electron chi connectivity index (χ3n) is 3.34. The lowest BCUT2D eigenvalue weighted by Crippen LogP contribution is -2.24. The highest BCUT2D eigenvalue weighted by Gasteiger charge is 2.35. The molecule has 7 nitrogen and oxygen atoms in total. The summed E-state index contributed by atoms with van der Waals surface area (Å²) < 4.78 is 39.5. The molecule has 1 amide bonds. The Kier molecular flexibility index (Phi) is 5.21. The summed E-state index contributed by atoms with van der Waals surface area (Å²) in [6.07, 6.45) is -3.57. The highest BCUT2D eigenvalue weighted by Crippen LogP contribution is 2.36. The van der Waals surface area contributed by atoms with Crippen molar-refractivity contribution in [3.05, 3.63) is 52.6 Å². The first-order valence-electron chi connectivity index (χ1n) is 7.08. The minimum Gasteiger partial charge on any atom is -0.274 e. The average Bonchev–Trinajstić information content (AvgIpc) is 2.60. The van der Waals surface area contributed by atoms with E-state index in [0.717, 1.165) is 25.0 Å². The van der Waals surface area contributed by atoms with Gasteiger partial charge in [0.15, 0.2) is 7.11 Å². The second-order valence-electron chi connectivity index (χ2n) is 5.01. The van der Waals surface area contributed by atoms with E-state index in [-0.39, 0.29) is 22.1 Å². The van der Waals surface area contributed by atoms with Gasteiger partial charge in [-0.05, 0) is 18.2 Å². The summed E-state index contributed by atoms with van der Waals surface area (Å²) in [6, 6.07) is 6.79. The third-order valence-corrected chi connectivity index (χ3v) is 3.34. The largest absolute Gasteiger partial charge is 0.417 e. The smallest absolute Gasteiger partial charge is 0.274 e. The Bertz CT molecular complexity index is 906. The van der Waals surface area contributed by atoms with Crippen LogP contribution < -0.4 is 4.90 Å². The van der Waals surface area contributed by atoms with Gasteiger partial charge in [0, 0.05) is 19.2 Å². The standard InChI is InChI=1S/C16H12F3N4O3/c1-10(24)22(15-8-13(5-6-21-15)23(25)26-2)12-4-3-11(9-20)14(7-12)16(17,18)19/h3-8H,1-2H3/q+1. The van der Waals surface area contributed by atoms with Crippen LogP contribution in [0.1, 0.15) is 18.1 Å². The molecule has 0 spiro atoms. The Morgan fingerprint density at radius 3 is 2.54 bits per heavy atom. The number of aromatic nitrogens is 1. The fourth-order valence-corrected chi connectivity index (χ4v) is 2.23. The predicted molar refractivity (Wildman–Crippen MR) is 83.5 cm³/mol. The number of halogens is 3. The zero-order valence-electron chi connectivity index (χ0n) is 13.6. The van der Waals surface area contributed by atoms with Crippen molar-refractivity contribution < 1.29 is 27.7 Å². The third kappa shape index (κ3) is 3.77. The molecule has 0 saturated heterocycles. The second-order valence-corrected chi connectivity index (χ2v) is 5.01. The van der Waals surface area contributed by atoms with Crippen molar-refractivity contribution in [2.24, 2.45) is 0 Å². The van der Waals surface area contributed by atoms with E-state index in [4.69, 9.17) is 5.26 Å². The zero-order chi connectivity index (χ0) is 19.5. The number of nitrogens with zero attached hydrogens (tertiary/aromatic N) is 4. The molecule has 0 bridgehead atoms. The van der Waals surface area contributed by atoms with Gasteiger partial charge in [-0.2, -0.15) is 18.4 Å². The molecule has 2 aromatic rings. The summed E-state index contributed by atoms with van der Waals surface area (Å²) in [7, 11) is 1.13. The van der Waals surface area contributed by atoms with Gasteiger partial charge in [-0.15, -0.1) is 0 Å². The topological polar surface area (TPSA) is 86.3 Å². The predicted octanol–water partition coefficient (Wildman–Crippen LogP) is 3.63. The summed E-state index contributed by atoms with van der Waals surface area (Å²) in [5, 5.41) is 8.87. The van der Waals surface area contributed by atoms with Crippen molar-refractivity contribution >= 4 is 23.1 Å². The molecule has 0 fully saturated rings. The van der Waals surface area contributed by atoms with Gasteiger partial charge in [0.1, 0.15) is 5.82 Å². The van der Waals surface area contributed by atoms with Crippen molar-refractivity contribution in [2.75, 3.05) is 12.0 Å². The maximum atomic E-state index is 13.2. The molecule has 1 heterocycles. The number of alkyl halides is 3. The van der Waals surface area contributed by atoms with Crippen molar-refractivity contribution in [1.82, 2.24) is 4.98 Å². The van der Waals surface area contributed by atoms with E-state index in [0.29, 0.717) is 6.07 Å². The molecule has 0 aliphatic heterocycles. The van der Waals surface area contributed by atoms with Crippen LogP contribution in [0.2, 0.25) is 0 Å². The number of amides is 1. The molecule has 0 aliphatic carbocycles. The van der Waals surface area contributed by atoms with Crippen LogP contribution in [0.4, 0.5) is 30.4 Å². The Labute approximate surface area is 145 Å². The molecule has 0 unspecified atom stereocenters. The van der Waals surface area contributed by atoms with Crippen LogP contribution in [0.25, 0.3) is 0 Å². The molecule has 0 N–H and O–H groups in total. The number of anilines is 2. The van der Waals surface area contributed by atoms with Crippen LogP contribution in [-0.2, 0) is 15.8 Å². The maximum absolute atomic E-state index is 13.2. The number of carbonyl (C=O) groups excluding carboxylic acids is 1. The lowest BCUT2D eigenvalue weighted by molar-refractivity contribution is -0.736. The van der Waals surface area contributed by atoms with E-state index in [2.05, 4.69) is 9.82 Å². The van der Waals surface area contributed by atoms with Crippen LogP contribution in [-0.4, -0.2) is 22.9 Å².